The Balaban J connectivity index is 2.77. The predicted octanol–water partition coefficient (Wildman–Crippen LogP) is 1.32. The molecule has 0 saturated heterocycles. The molecule has 68 valence electrons. The van der Waals surface area contributed by atoms with Gasteiger partial charge in [0.05, 0.1) is 5.92 Å². The lowest BCUT2D eigenvalue weighted by Crippen LogP contribution is -2.28. The molecule has 0 aromatic heterocycles. The molecule has 0 bridgehead atoms. The summed E-state index contributed by atoms with van der Waals surface area (Å²) in [6.45, 7) is 2.85. The molecule has 1 N–H and O–H groups in total. The molecule has 0 aromatic carbocycles. The van der Waals surface area contributed by atoms with Crippen molar-refractivity contribution in [3.05, 3.63) is 11.8 Å². The monoisotopic (exact) mass is 169 g/mol. The van der Waals surface area contributed by atoms with Crippen molar-refractivity contribution in [1.82, 2.24) is 4.90 Å². The Morgan fingerprint density at radius 2 is 2.50 bits per heavy atom. The van der Waals surface area contributed by atoms with Gasteiger partial charge < -0.3 is 10.0 Å². The van der Waals surface area contributed by atoms with E-state index in [0.29, 0.717) is 0 Å². The summed E-state index contributed by atoms with van der Waals surface area (Å²) in [6, 6.07) is 0. The van der Waals surface area contributed by atoms with Crippen molar-refractivity contribution in [1.29, 1.82) is 0 Å². The van der Waals surface area contributed by atoms with Crippen molar-refractivity contribution in [2.45, 2.75) is 19.8 Å². The molecule has 0 fully saturated rings. The van der Waals surface area contributed by atoms with Gasteiger partial charge in [0.2, 0.25) is 0 Å². The van der Waals surface area contributed by atoms with Crippen LogP contribution in [0.25, 0.3) is 0 Å². The largest absolute Gasteiger partial charge is 0.481 e. The highest BCUT2D eigenvalue weighted by Crippen LogP contribution is 2.23. The third-order valence-electron chi connectivity index (χ3n) is 2.31. The molecule has 0 radical (unpaired) electrons. The van der Waals surface area contributed by atoms with Gasteiger partial charge in [0.1, 0.15) is 0 Å². The van der Waals surface area contributed by atoms with Crippen LogP contribution < -0.4 is 0 Å². The summed E-state index contributed by atoms with van der Waals surface area (Å²) in [5.41, 5.74) is 1.04. The van der Waals surface area contributed by atoms with Gasteiger partial charge in [0.25, 0.3) is 0 Å². The fourth-order valence-electron chi connectivity index (χ4n) is 1.58. The van der Waals surface area contributed by atoms with Crippen LogP contribution in [0.3, 0.4) is 0 Å². The van der Waals surface area contributed by atoms with Crippen LogP contribution in [0, 0.1) is 5.92 Å². The Hall–Kier alpha value is -0.990. The van der Waals surface area contributed by atoms with E-state index in [0.717, 1.165) is 25.0 Å². The molecule has 0 spiro atoms. The molecule has 1 unspecified atom stereocenters. The molecular formula is C9H15NO2. The van der Waals surface area contributed by atoms with Crippen molar-refractivity contribution < 1.29 is 9.90 Å². The number of carbonyl (C=O) groups is 1. The van der Waals surface area contributed by atoms with Gasteiger partial charge in [-0.2, -0.15) is 0 Å². The van der Waals surface area contributed by atoms with E-state index in [4.69, 9.17) is 5.11 Å². The molecule has 1 atom stereocenters. The van der Waals surface area contributed by atoms with Crippen LogP contribution in [0.1, 0.15) is 19.8 Å². The third-order valence-corrected chi connectivity index (χ3v) is 2.31. The van der Waals surface area contributed by atoms with Crippen molar-refractivity contribution in [2.75, 3.05) is 13.6 Å². The van der Waals surface area contributed by atoms with Crippen LogP contribution in [0.2, 0.25) is 0 Å². The van der Waals surface area contributed by atoms with E-state index in [1.165, 1.54) is 0 Å². The van der Waals surface area contributed by atoms with E-state index in [2.05, 4.69) is 4.90 Å². The first kappa shape index (κ1) is 9.10. The average Bonchev–Trinajstić information content (AvgIpc) is 2.03. The number of aliphatic carboxylic acids is 1. The minimum atomic E-state index is -0.684. The van der Waals surface area contributed by atoms with Crippen LogP contribution in [0.5, 0.6) is 0 Å². The molecule has 1 heterocycles. The van der Waals surface area contributed by atoms with Gasteiger partial charge in [-0.05, 0) is 24.6 Å². The molecule has 3 heteroatoms. The molecule has 0 aliphatic carbocycles. The van der Waals surface area contributed by atoms with Gasteiger partial charge in [-0.25, -0.2) is 0 Å². The number of hydrogen-bond acceptors (Lipinski definition) is 2. The highest BCUT2D eigenvalue weighted by Gasteiger charge is 2.24. The van der Waals surface area contributed by atoms with Crippen molar-refractivity contribution >= 4 is 5.97 Å². The lowest BCUT2D eigenvalue weighted by atomic mass is 9.92. The van der Waals surface area contributed by atoms with Gasteiger partial charge in [0.15, 0.2) is 0 Å². The summed E-state index contributed by atoms with van der Waals surface area (Å²) in [5, 5.41) is 8.87. The quantitative estimate of drug-likeness (QED) is 0.677. The minimum Gasteiger partial charge on any atom is -0.481 e. The number of rotatable bonds is 2. The van der Waals surface area contributed by atoms with Crippen LogP contribution in [-0.2, 0) is 4.79 Å². The van der Waals surface area contributed by atoms with Crippen molar-refractivity contribution in [3.8, 4) is 0 Å². The Morgan fingerprint density at radius 3 is 3.00 bits per heavy atom. The standard InChI is InChI=1S/C9H15NO2/c1-3-7-6-10(2)5-4-8(7)9(11)12/h6,8H,3-5H2,1-2H3,(H,11,12). The molecule has 0 aromatic rings. The summed E-state index contributed by atoms with van der Waals surface area (Å²) in [7, 11) is 1.98. The molecule has 0 saturated carbocycles. The van der Waals surface area contributed by atoms with E-state index in [1.807, 2.05) is 20.2 Å². The number of hydrogen-bond donors (Lipinski definition) is 1. The van der Waals surface area contributed by atoms with Crippen LogP contribution in [-0.4, -0.2) is 29.6 Å². The summed E-state index contributed by atoms with van der Waals surface area (Å²) in [5.74, 6) is -0.928. The lowest BCUT2D eigenvalue weighted by molar-refractivity contribution is -0.141. The third kappa shape index (κ3) is 1.78. The Labute approximate surface area is 72.7 Å². The second kappa shape index (κ2) is 3.61. The second-order valence-electron chi connectivity index (χ2n) is 3.22. The SMILES string of the molecule is CCC1=CN(C)CCC1C(=O)O. The second-order valence-corrected chi connectivity index (χ2v) is 3.22. The Bertz CT molecular complexity index is 211. The lowest BCUT2D eigenvalue weighted by Gasteiger charge is -2.26. The topological polar surface area (TPSA) is 40.5 Å². The number of carboxylic acid groups (broad SMARTS) is 1. The minimum absolute atomic E-state index is 0.244. The fraction of sp³-hybridized carbons (Fsp3) is 0.667. The fourth-order valence-corrected chi connectivity index (χ4v) is 1.58. The zero-order valence-corrected chi connectivity index (χ0v) is 7.58. The van der Waals surface area contributed by atoms with Gasteiger partial charge in [-0.1, -0.05) is 6.92 Å². The van der Waals surface area contributed by atoms with E-state index in [1.54, 1.807) is 0 Å². The van der Waals surface area contributed by atoms with E-state index >= 15 is 0 Å². The summed E-state index contributed by atoms with van der Waals surface area (Å²) in [4.78, 5) is 12.8. The van der Waals surface area contributed by atoms with Gasteiger partial charge in [-0.15, -0.1) is 0 Å². The summed E-state index contributed by atoms with van der Waals surface area (Å²) < 4.78 is 0. The summed E-state index contributed by atoms with van der Waals surface area (Å²) in [6.07, 6.45) is 3.54. The van der Waals surface area contributed by atoms with Crippen LogP contribution in [0.15, 0.2) is 11.8 Å². The van der Waals surface area contributed by atoms with E-state index in [9.17, 15) is 4.79 Å². The maximum absolute atomic E-state index is 10.8. The number of nitrogens with zero attached hydrogens (tertiary/aromatic N) is 1. The highest BCUT2D eigenvalue weighted by molar-refractivity contribution is 5.73. The highest BCUT2D eigenvalue weighted by atomic mass is 16.4. The smallest absolute Gasteiger partial charge is 0.310 e. The first-order valence-electron chi connectivity index (χ1n) is 4.28. The molecule has 0 amide bonds. The van der Waals surface area contributed by atoms with Gasteiger partial charge >= 0.3 is 5.97 Å². The van der Waals surface area contributed by atoms with Crippen molar-refractivity contribution in [3.63, 3.8) is 0 Å². The summed E-state index contributed by atoms with van der Waals surface area (Å²) >= 11 is 0. The normalized spacial score (nSPS) is 23.7. The van der Waals surface area contributed by atoms with E-state index < -0.39 is 5.97 Å². The Kier molecular flexibility index (Phi) is 2.74. The first-order chi connectivity index (χ1) is 5.65. The average molecular weight is 169 g/mol. The van der Waals surface area contributed by atoms with Crippen LogP contribution in [0.4, 0.5) is 0 Å². The molecular weight excluding hydrogens is 154 g/mol. The van der Waals surface area contributed by atoms with Gasteiger partial charge in [-0.3, -0.25) is 4.79 Å². The molecule has 1 rings (SSSR count). The molecule has 3 nitrogen and oxygen atoms in total. The molecule has 12 heavy (non-hydrogen) atoms. The maximum Gasteiger partial charge on any atom is 0.310 e. The van der Waals surface area contributed by atoms with Crippen molar-refractivity contribution in [2.24, 2.45) is 5.92 Å². The van der Waals surface area contributed by atoms with Crippen LogP contribution >= 0.6 is 0 Å². The van der Waals surface area contributed by atoms with E-state index in [-0.39, 0.29) is 5.92 Å². The number of carboxylic acids is 1. The molecule has 1 aliphatic rings. The first-order valence-corrected chi connectivity index (χ1v) is 4.28. The zero-order valence-electron chi connectivity index (χ0n) is 7.58. The maximum atomic E-state index is 10.8. The molecule has 1 aliphatic heterocycles. The predicted molar refractivity (Wildman–Crippen MR) is 46.7 cm³/mol. The Morgan fingerprint density at radius 1 is 1.83 bits per heavy atom. The zero-order chi connectivity index (χ0) is 9.14. The van der Waals surface area contributed by atoms with Gasteiger partial charge in [0, 0.05) is 13.6 Å².